The van der Waals surface area contributed by atoms with Crippen LogP contribution in [0.4, 0.5) is 4.79 Å². The highest BCUT2D eigenvalue weighted by molar-refractivity contribution is 8.18. The molecule has 1 aromatic carbocycles. The van der Waals surface area contributed by atoms with Gasteiger partial charge >= 0.3 is 5.97 Å². The van der Waals surface area contributed by atoms with Crippen molar-refractivity contribution < 1.29 is 19.1 Å². The van der Waals surface area contributed by atoms with Crippen molar-refractivity contribution >= 4 is 46.6 Å². The van der Waals surface area contributed by atoms with Gasteiger partial charge in [-0.15, -0.1) is 0 Å². The molecular formula is C16H14ClNO4S. The van der Waals surface area contributed by atoms with E-state index in [0.29, 0.717) is 5.02 Å². The molecule has 0 radical (unpaired) electrons. The van der Waals surface area contributed by atoms with E-state index in [9.17, 15) is 14.4 Å². The molecule has 1 aromatic rings. The third-order valence-electron chi connectivity index (χ3n) is 2.89. The summed E-state index contributed by atoms with van der Waals surface area (Å²) < 4.78 is 4.75. The fourth-order valence-corrected chi connectivity index (χ4v) is 2.82. The number of allylic oxidation sites excluding steroid dienone is 2. The molecule has 5 nitrogen and oxygen atoms in total. The fourth-order valence-electron chi connectivity index (χ4n) is 1.84. The highest BCUT2D eigenvalue weighted by Gasteiger charge is 2.36. The van der Waals surface area contributed by atoms with Gasteiger partial charge < -0.3 is 4.74 Å². The summed E-state index contributed by atoms with van der Waals surface area (Å²) in [6.45, 7) is 1.49. The predicted molar refractivity (Wildman–Crippen MR) is 89.9 cm³/mol. The summed E-state index contributed by atoms with van der Waals surface area (Å²) in [7, 11) is 0. The van der Waals surface area contributed by atoms with Gasteiger partial charge in [-0.2, -0.15) is 0 Å². The van der Waals surface area contributed by atoms with Crippen LogP contribution in [0.2, 0.25) is 5.02 Å². The number of hydrogen-bond donors (Lipinski definition) is 0. The van der Waals surface area contributed by atoms with Crippen LogP contribution in [-0.2, 0) is 14.3 Å². The SMILES string of the molecule is CCOC(=O)CN1C(=O)S/C(=C\C=C\c2ccccc2Cl)C1=O. The number of esters is 1. The molecule has 1 aliphatic rings. The van der Waals surface area contributed by atoms with E-state index in [1.165, 1.54) is 6.08 Å². The summed E-state index contributed by atoms with van der Waals surface area (Å²) in [5.41, 5.74) is 0.802. The normalized spacial score (nSPS) is 16.6. The lowest BCUT2D eigenvalue weighted by Gasteiger charge is -2.10. The molecule has 1 heterocycles. The van der Waals surface area contributed by atoms with Gasteiger partial charge in [-0.05, 0) is 36.4 Å². The molecule has 0 spiro atoms. The Hall–Kier alpha value is -2.05. The number of benzene rings is 1. The maximum absolute atomic E-state index is 12.1. The van der Waals surface area contributed by atoms with Crippen molar-refractivity contribution in [3.05, 3.63) is 51.9 Å². The van der Waals surface area contributed by atoms with Crippen LogP contribution in [-0.4, -0.2) is 35.2 Å². The zero-order valence-corrected chi connectivity index (χ0v) is 13.9. The van der Waals surface area contributed by atoms with E-state index in [0.717, 1.165) is 22.2 Å². The molecule has 0 aromatic heterocycles. The average molecular weight is 352 g/mol. The molecule has 0 aliphatic carbocycles. The van der Waals surface area contributed by atoms with Crippen LogP contribution in [0.3, 0.4) is 0 Å². The predicted octanol–water partition coefficient (Wildman–Crippen LogP) is 3.50. The minimum atomic E-state index is -0.609. The number of carbonyl (C=O) groups is 3. The molecule has 1 fully saturated rings. The van der Waals surface area contributed by atoms with E-state index in [4.69, 9.17) is 16.3 Å². The van der Waals surface area contributed by atoms with E-state index in [1.54, 1.807) is 25.1 Å². The Bertz CT molecular complexity index is 699. The Morgan fingerprint density at radius 3 is 2.78 bits per heavy atom. The lowest BCUT2D eigenvalue weighted by Crippen LogP contribution is -2.34. The standard InChI is InChI=1S/C16H14ClNO4S/c1-2-22-14(19)10-18-15(20)13(23-16(18)21)9-5-7-11-6-3-4-8-12(11)17/h3-9H,2,10H2,1H3/b7-5+,13-9-. The van der Waals surface area contributed by atoms with Crippen molar-refractivity contribution in [1.29, 1.82) is 0 Å². The van der Waals surface area contributed by atoms with E-state index in [2.05, 4.69) is 0 Å². The lowest BCUT2D eigenvalue weighted by molar-refractivity contribution is -0.146. The van der Waals surface area contributed by atoms with Crippen molar-refractivity contribution in [2.75, 3.05) is 13.2 Å². The number of hydrogen-bond acceptors (Lipinski definition) is 5. The Kier molecular flexibility index (Phi) is 6.01. The van der Waals surface area contributed by atoms with Crippen LogP contribution in [0.25, 0.3) is 6.08 Å². The second kappa shape index (κ2) is 7.99. The molecule has 0 bridgehead atoms. The monoisotopic (exact) mass is 351 g/mol. The topological polar surface area (TPSA) is 63.7 Å². The van der Waals surface area contributed by atoms with Gasteiger partial charge in [-0.25, -0.2) is 0 Å². The van der Waals surface area contributed by atoms with E-state index in [1.807, 2.05) is 18.2 Å². The first-order valence-electron chi connectivity index (χ1n) is 6.85. The Labute approximate surface area is 142 Å². The Morgan fingerprint density at radius 2 is 2.09 bits per heavy atom. The van der Waals surface area contributed by atoms with E-state index in [-0.39, 0.29) is 18.1 Å². The molecule has 0 atom stereocenters. The number of carbonyl (C=O) groups excluding carboxylic acids is 3. The van der Waals surface area contributed by atoms with Gasteiger partial charge in [0.15, 0.2) is 0 Å². The van der Waals surface area contributed by atoms with Crippen molar-refractivity contribution in [3.63, 3.8) is 0 Å². The summed E-state index contributed by atoms with van der Waals surface area (Å²) in [5, 5.41) is 0.105. The van der Waals surface area contributed by atoms with E-state index >= 15 is 0 Å². The number of nitrogens with zero attached hydrogens (tertiary/aromatic N) is 1. The molecule has 1 aliphatic heterocycles. The first kappa shape index (κ1) is 17.3. The smallest absolute Gasteiger partial charge is 0.326 e. The third kappa shape index (κ3) is 4.46. The van der Waals surface area contributed by atoms with Gasteiger partial charge in [-0.3, -0.25) is 19.3 Å². The molecule has 1 saturated heterocycles. The molecule has 2 amide bonds. The first-order chi connectivity index (χ1) is 11.0. The van der Waals surface area contributed by atoms with Crippen LogP contribution in [0.1, 0.15) is 12.5 Å². The summed E-state index contributed by atoms with van der Waals surface area (Å²) >= 11 is 6.81. The van der Waals surface area contributed by atoms with E-state index < -0.39 is 17.1 Å². The number of halogens is 1. The number of thioether (sulfide) groups is 1. The maximum atomic E-state index is 12.1. The van der Waals surface area contributed by atoms with Gasteiger partial charge in [0.05, 0.1) is 11.5 Å². The van der Waals surface area contributed by atoms with Gasteiger partial charge in [0.2, 0.25) is 0 Å². The molecule has 2 rings (SSSR count). The largest absolute Gasteiger partial charge is 0.465 e. The van der Waals surface area contributed by atoms with Crippen molar-refractivity contribution in [1.82, 2.24) is 4.90 Å². The molecule has 0 unspecified atom stereocenters. The van der Waals surface area contributed by atoms with Crippen LogP contribution in [0.5, 0.6) is 0 Å². The van der Waals surface area contributed by atoms with Crippen molar-refractivity contribution in [2.45, 2.75) is 6.92 Å². The van der Waals surface area contributed by atoms with Gasteiger partial charge in [0, 0.05) is 5.02 Å². The molecule has 0 saturated carbocycles. The zero-order valence-electron chi connectivity index (χ0n) is 12.3. The maximum Gasteiger partial charge on any atom is 0.326 e. The highest BCUT2D eigenvalue weighted by atomic mass is 35.5. The second-order valence-electron chi connectivity index (χ2n) is 4.48. The molecule has 7 heteroatoms. The van der Waals surface area contributed by atoms with Gasteiger partial charge in [0.1, 0.15) is 6.54 Å². The fraction of sp³-hybridized carbons (Fsp3) is 0.188. The summed E-state index contributed by atoms with van der Waals surface area (Å²) in [6, 6.07) is 7.26. The number of amides is 2. The Balaban J connectivity index is 2.07. The molecule has 120 valence electrons. The lowest BCUT2D eigenvalue weighted by atomic mass is 10.2. The Morgan fingerprint density at radius 1 is 1.35 bits per heavy atom. The van der Waals surface area contributed by atoms with Crippen molar-refractivity contribution in [2.24, 2.45) is 0 Å². The first-order valence-corrected chi connectivity index (χ1v) is 8.04. The van der Waals surface area contributed by atoms with Crippen molar-refractivity contribution in [3.8, 4) is 0 Å². The zero-order chi connectivity index (χ0) is 16.8. The summed E-state index contributed by atoms with van der Waals surface area (Å²) in [5.74, 6) is -1.11. The third-order valence-corrected chi connectivity index (χ3v) is 4.16. The van der Waals surface area contributed by atoms with Crippen LogP contribution in [0, 0.1) is 0 Å². The minimum Gasteiger partial charge on any atom is -0.465 e. The average Bonchev–Trinajstić information content (AvgIpc) is 2.77. The number of rotatable bonds is 5. The van der Waals surface area contributed by atoms with Crippen LogP contribution >= 0.6 is 23.4 Å². The minimum absolute atomic E-state index is 0.200. The summed E-state index contributed by atoms with van der Waals surface area (Å²) in [4.78, 5) is 36.4. The quantitative estimate of drug-likeness (QED) is 0.600. The summed E-state index contributed by atoms with van der Waals surface area (Å²) in [6.07, 6.45) is 4.91. The molecular weight excluding hydrogens is 338 g/mol. The number of imide groups is 1. The van der Waals surface area contributed by atoms with Gasteiger partial charge in [0.25, 0.3) is 11.1 Å². The van der Waals surface area contributed by atoms with Crippen LogP contribution in [0.15, 0.2) is 41.3 Å². The molecule has 0 N–H and O–H groups in total. The number of ether oxygens (including phenoxy) is 1. The molecule has 23 heavy (non-hydrogen) atoms. The van der Waals surface area contributed by atoms with Gasteiger partial charge in [-0.1, -0.05) is 42.0 Å². The van der Waals surface area contributed by atoms with Crippen LogP contribution < -0.4 is 0 Å². The highest BCUT2D eigenvalue weighted by Crippen LogP contribution is 2.30. The second-order valence-corrected chi connectivity index (χ2v) is 5.88.